The fourth-order valence-corrected chi connectivity index (χ4v) is 1.99. The zero-order chi connectivity index (χ0) is 15.5. The van der Waals surface area contributed by atoms with E-state index in [-0.39, 0.29) is 0 Å². The Bertz CT molecular complexity index is 438. The van der Waals surface area contributed by atoms with E-state index < -0.39 is 0 Å². The first-order chi connectivity index (χ1) is 10.2. The minimum atomic E-state index is 0.808. The highest BCUT2D eigenvalue weighted by atomic mass is 15.4. The number of nitrogen functional groups attached to an aromatic ring is 1. The molecule has 0 aliphatic rings. The van der Waals surface area contributed by atoms with Crippen LogP contribution in [0, 0.1) is 0 Å². The minimum Gasteiger partial charge on any atom is -0.401 e. The second kappa shape index (κ2) is 9.83. The monoisotopic (exact) mass is 289 g/mol. The van der Waals surface area contributed by atoms with E-state index in [1.54, 1.807) is 0 Å². The van der Waals surface area contributed by atoms with E-state index in [4.69, 9.17) is 11.5 Å². The molecule has 0 aliphatic heterocycles. The van der Waals surface area contributed by atoms with Crippen LogP contribution in [0.3, 0.4) is 0 Å². The Hall–Kier alpha value is -2.01. The summed E-state index contributed by atoms with van der Waals surface area (Å²) in [6, 6.07) is 8.04. The van der Waals surface area contributed by atoms with Gasteiger partial charge in [0.2, 0.25) is 0 Å². The number of hydrogen-bond donors (Lipinski definition) is 3. The molecule has 5 N–H and O–H groups in total. The van der Waals surface area contributed by atoms with Crippen LogP contribution >= 0.6 is 0 Å². The van der Waals surface area contributed by atoms with Crippen molar-refractivity contribution < 1.29 is 0 Å². The summed E-state index contributed by atoms with van der Waals surface area (Å²) in [5.41, 5.74) is 14.5. The van der Waals surface area contributed by atoms with Gasteiger partial charge in [-0.05, 0) is 44.0 Å². The number of benzene rings is 1. The van der Waals surface area contributed by atoms with Gasteiger partial charge in [-0.3, -0.25) is 5.01 Å². The van der Waals surface area contributed by atoms with Gasteiger partial charge < -0.3 is 16.8 Å². The lowest BCUT2D eigenvalue weighted by atomic mass is 10.1. The number of rotatable bonds is 10. The summed E-state index contributed by atoms with van der Waals surface area (Å²) in [6.07, 6.45) is 5.87. The number of nitrogens with zero attached hydrogens (tertiary/aromatic N) is 2. The van der Waals surface area contributed by atoms with Crippen LogP contribution in [0.5, 0.6) is 0 Å². The van der Waals surface area contributed by atoms with E-state index >= 15 is 0 Å². The molecule has 5 nitrogen and oxygen atoms in total. The third-order valence-electron chi connectivity index (χ3n) is 3.24. The lowest BCUT2D eigenvalue weighted by Crippen LogP contribution is -2.17. The van der Waals surface area contributed by atoms with Crippen molar-refractivity contribution in [2.45, 2.75) is 25.7 Å². The summed E-state index contributed by atoms with van der Waals surface area (Å²) in [7, 11) is 1.91. The van der Waals surface area contributed by atoms with Gasteiger partial charge in [-0.1, -0.05) is 12.1 Å². The van der Waals surface area contributed by atoms with Crippen LogP contribution in [0.2, 0.25) is 0 Å². The van der Waals surface area contributed by atoms with E-state index in [0.29, 0.717) is 0 Å². The first kappa shape index (κ1) is 17.0. The summed E-state index contributed by atoms with van der Waals surface area (Å²) in [5, 5.41) is 8.87. The van der Waals surface area contributed by atoms with Gasteiger partial charge in [0.05, 0.1) is 0 Å². The fraction of sp³-hybridized carbons (Fsp3) is 0.438. The van der Waals surface area contributed by atoms with Gasteiger partial charge in [0.25, 0.3) is 0 Å². The predicted molar refractivity (Wildman–Crippen MR) is 90.9 cm³/mol. The second-order valence-corrected chi connectivity index (χ2v) is 5.06. The molecule has 0 fully saturated rings. The van der Waals surface area contributed by atoms with E-state index in [0.717, 1.165) is 50.2 Å². The average Bonchev–Trinajstić information content (AvgIpc) is 2.50. The maximum atomic E-state index is 5.93. The average molecular weight is 289 g/mol. The molecule has 0 atom stereocenters. The minimum absolute atomic E-state index is 0.808. The zero-order valence-corrected chi connectivity index (χ0v) is 12.9. The summed E-state index contributed by atoms with van der Waals surface area (Å²) in [5.74, 6) is 0. The lowest BCUT2D eigenvalue weighted by Gasteiger charge is -2.15. The first-order valence-electron chi connectivity index (χ1n) is 7.34. The molecule has 0 bridgehead atoms. The number of unbranched alkanes of at least 4 members (excludes halogenated alkanes) is 1. The van der Waals surface area contributed by atoms with Crippen molar-refractivity contribution >= 4 is 12.4 Å². The molecule has 116 valence electrons. The van der Waals surface area contributed by atoms with Gasteiger partial charge in [0.1, 0.15) is 0 Å². The number of nitrogens with one attached hydrogen (secondary N) is 1. The molecule has 0 unspecified atom stereocenters. The Balaban J connectivity index is 2.28. The standard InChI is InChI=1S/C16H27N5/c1-19-11-10-16(18)13-21(20-2)12-4-3-5-14-6-8-15(17)9-7-14/h6-9,13,19H,2-5,10-12,17-18H2,1H3/b16-13-. The van der Waals surface area contributed by atoms with Crippen LogP contribution in [0.25, 0.3) is 0 Å². The van der Waals surface area contributed by atoms with Crippen LogP contribution in [0.15, 0.2) is 41.3 Å². The Morgan fingerprint density at radius 2 is 2.05 bits per heavy atom. The molecule has 0 aliphatic carbocycles. The van der Waals surface area contributed by atoms with Gasteiger partial charge in [0.15, 0.2) is 0 Å². The number of anilines is 1. The smallest absolute Gasteiger partial charge is 0.0420 e. The Morgan fingerprint density at radius 1 is 1.33 bits per heavy atom. The van der Waals surface area contributed by atoms with Crippen LogP contribution < -0.4 is 16.8 Å². The van der Waals surface area contributed by atoms with Crippen LogP contribution in [-0.2, 0) is 6.42 Å². The summed E-state index contributed by atoms with van der Waals surface area (Å²) < 4.78 is 0. The van der Waals surface area contributed by atoms with Gasteiger partial charge in [-0.2, -0.15) is 5.10 Å². The molecule has 0 radical (unpaired) electrons. The molecule has 1 rings (SSSR count). The molecular formula is C16H27N5. The van der Waals surface area contributed by atoms with Gasteiger partial charge in [0, 0.05) is 43.8 Å². The van der Waals surface area contributed by atoms with Crippen molar-refractivity contribution in [2.75, 3.05) is 25.9 Å². The molecule has 0 heterocycles. The number of hydrazone groups is 1. The van der Waals surface area contributed by atoms with Gasteiger partial charge in [-0.15, -0.1) is 0 Å². The maximum absolute atomic E-state index is 5.93. The van der Waals surface area contributed by atoms with E-state index in [9.17, 15) is 0 Å². The van der Waals surface area contributed by atoms with E-state index in [2.05, 4.69) is 29.3 Å². The van der Waals surface area contributed by atoms with Crippen molar-refractivity contribution in [2.24, 2.45) is 10.8 Å². The largest absolute Gasteiger partial charge is 0.401 e. The summed E-state index contributed by atoms with van der Waals surface area (Å²) in [6.45, 7) is 5.28. The number of hydrogen-bond acceptors (Lipinski definition) is 5. The molecule has 5 heteroatoms. The normalized spacial score (nSPS) is 11.4. The van der Waals surface area contributed by atoms with Gasteiger partial charge >= 0.3 is 0 Å². The van der Waals surface area contributed by atoms with E-state index in [1.165, 1.54) is 5.56 Å². The SMILES string of the molecule is C=NN(/C=C(\N)CCNC)CCCCc1ccc(N)cc1. The Labute approximate surface area is 127 Å². The molecule has 1 aromatic carbocycles. The third-order valence-corrected chi connectivity index (χ3v) is 3.24. The summed E-state index contributed by atoms with van der Waals surface area (Å²) in [4.78, 5) is 0. The van der Waals surface area contributed by atoms with Gasteiger partial charge in [-0.25, -0.2) is 0 Å². The molecular weight excluding hydrogens is 262 g/mol. The fourth-order valence-electron chi connectivity index (χ4n) is 1.99. The second-order valence-electron chi connectivity index (χ2n) is 5.06. The van der Waals surface area contributed by atoms with Crippen molar-refractivity contribution in [1.82, 2.24) is 10.3 Å². The number of aryl methyl sites for hydroxylation is 1. The van der Waals surface area contributed by atoms with Crippen LogP contribution in [0.1, 0.15) is 24.8 Å². The number of nitrogens with two attached hydrogens (primary N) is 2. The quantitative estimate of drug-likeness (QED) is 0.266. The topological polar surface area (TPSA) is 79.7 Å². The van der Waals surface area contributed by atoms with Crippen molar-refractivity contribution in [3.63, 3.8) is 0 Å². The summed E-state index contributed by atoms with van der Waals surface area (Å²) >= 11 is 0. The lowest BCUT2D eigenvalue weighted by molar-refractivity contribution is 0.384. The third kappa shape index (κ3) is 7.37. The zero-order valence-electron chi connectivity index (χ0n) is 12.9. The van der Waals surface area contributed by atoms with Crippen molar-refractivity contribution in [3.05, 3.63) is 41.7 Å². The first-order valence-corrected chi connectivity index (χ1v) is 7.34. The molecule has 21 heavy (non-hydrogen) atoms. The molecule has 1 aromatic rings. The van der Waals surface area contributed by atoms with Crippen LogP contribution in [-0.4, -0.2) is 31.9 Å². The van der Waals surface area contributed by atoms with Crippen LogP contribution in [0.4, 0.5) is 5.69 Å². The Morgan fingerprint density at radius 3 is 2.67 bits per heavy atom. The van der Waals surface area contributed by atoms with Crippen molar-refractivity contribution in [3.8, 4) is 0 Å². The molecule has 0 saturated heterocycles. The highest BCUT2D eigenvalue weighted by Gasteiger charge is 1.99. The molecule has 0 spiro atoms. The highest BCUT2D eigenvalue weighted by molar-refractivity contribution is 5.39. The Kier molecular flexibility index (Phi) is 7.97. The van der Waals surface area contributed by atoms with Crippen molar-refractivity contribution in [1.29, 1.82) is 0 Å². The molecule has 0 amide bonds. The van der Waals surface area contributed by atoms with E-state index in [1.807, 2.05) is 30.4 Å². The predicted octanol–water partition coefficient (Wildman–Crippen LogP) is 1.92. The molecule has 0 aromatic heterocycles. The highest BCUT2D eigenvalue weighted by Crippen LogP contribution is 2.09. The maximum Gasteiger partial charge on any atom is 0.0420 e. The molecule has 0 saturated carbocycles.